The molecule has 0 aliphatic carbocycles. The van der Waals surface area contributed by atoms with E-state index in [1.807, 2.05) is 59.1 Å². The number of aryl methyl sites for hydroxylation is 2. The van der Waals surface area contributed by atoms with Crippen LogP contribution in [0.1, 0.15) is 42.3 Å². The largest absolute Gasteiger partial charge is 0.348 e. The number of nitrogens with one attached hydrogen (secondary N) is 2. The normalized spacial score (nSPS) is 11.4. The van der Waals surface area contributed by atoms with Crippen LogP contribution in [-0.4, -0.2) is 40.4 Å². The number of hydrogen-bond acceptors (Lipinski definition) is 7. The standard InChI is InChI=1S/C23H27N9O/c1-15-8-16(20-25-14-26-22(30-20)29-19-11-27-31(5)13-19)6-7-17(15)9-24-21(33)18-10-28-32(12-18)23(2,3)4/h6-8,10-14H,9H2,1-5H3,(H,24,33)(H,25,26,29,30). The van der Waals surface area contributed by atoms with Crippen LogP contribution in [0.4, 0.5) is 11.6 Å². The summed E-state index contributed by atoms with van der Waals surface area (Å²) in [6.07, 6.45) is 8.37. The topological polar surface area (TPSA) is 115 Å². The smallest absolute Gasteiger partial charge is 0.254 e. The summed E-state index contributed by atoms with van der Waals surface area (Å²) in [5.41, 5.74) is 4.07. The molecule has 10 heteroatoms. The second kappa shape index (κ2) is 8.81. The fourth-order valence-electron chi connectivity index (χ4n) is 3.23. The van der Waals surface area contributed by atoms with Gasteiger partial charge in [0.25, 0.3) is 5.91 Å². The maximum absolute atomic E-state index is 12.5. The SMILES string of the molecule is Cc1cc(-c2ncnc(Nc3cnn(C)c3)n2)ccc1CNC(=O)c1cnn(C(C)(C)C)c1. The lowest BCUT2D eigenvalue weighted by Gasteiger charge is -2.18. The van der Waals surface area contributed by atoms with E-state index in [1.165, 1.54) is 6.33 Å². The minimum absolute atomic E-state index is 0.155. The predicted octanol–water partition coefficient (Wildman–Crippen LogP) is 3.21. The van der Waals surface area contributed by atoms with Crippen molar-refractivity contribution in [2.24, 2.45) is 7.05 Å². The van der Waals surface area contributed by atoms with Gasteiger partial charge in [0.1, 0.15) is 6.33 Å². The Balaban J connectivity index is 1.43. The van der Waals surface area contributed by atoms with Crippen LogP contribution >= 0.6 is 0 Å². The zero-order chi connectivity index (χ0) is 23.6. The first-order valence-corrected chi connectivity index (χ1v) is 10.6. The zero-order valence-corrected chi connectivity index (χ0v) is 19.4. The van der Waals surface area contributed by atoms with Gasteiger partial charge in [0.2, 0.25) is 5.95 Å². The van der Waals surface area contributed by atoms with Gasteiger partial charge >= 0.3 is 0 Å². The Morgan fingerprint density at radius 2 is 1.91 bits per heavy atom. The van der Waals surface area contributed by atoms with E-state index in [-0.39, 0.29) is 11.4 Å². The lowest BCUT2D eigenvalue weighted by molar-refractivity contribution is 0.0950. The average molecular weight is 446 g/mol. The molecule has 1 aromatic carbocycles. The molecule has 0 fully saturated rings. The number of amides is 1. The first kappa shape index (κ1) is 22.1. The van der Waals surface area contributed by atoms with Crippen LogP contribution in [0, 0.1) is 6.92 Å². The lowest BCUT2D eigenvalue weighted by atomic mass is 10.0. The Kier molecular flexibility index (Phi) is 5.91. The Morgan fingerprint density at radius 1 is 1.09 bits per heavy atom. The van der Waals surface area contributed by atoms with E-state index in [0.29, 0.717) is 23.9 Å². The number of aromatic nitrogens is 7. The monoisotopic (exact) mass is 445 g/mol. The molecule has 1 amide bonds. The van der Waals surface area contributed by atoms with Gasteiger partial charge in [-0.1, -0.05) is 12.1 Å². The Hall–Kier alpha value is -4.08. The summed E-state index contributed by atoms with van der Waals surface area (Å²) in [4.78, 5) is 25.5. The molecule has 3 heterocycles. The molecule has 2 N–H and O–H groups in total. The van der Waals surface area contributed by atoms with Gasteiger partial charge < -0.3 is 10.6 Å². The van der Waals surface area contributed by atoms with Crippen LogP contribution in [0.15, 0.2) is 49.3 Å². The predicted molar refractivity (Wildman–Crippen MR) is 125 cm³/mol. The molecule has 0 unspecified atom stereocenters. The van der Waals surface area contributed by atoms with Gasteiger partial charge in [-0.2, -0.15) is 15.2 Å². The summed E-state index contributed by atoms with van der Waals surface area (Å²) in [5, 5.41) is 14.5. The second-order valence-corrected chi connectivity index (χ2v) is 8.83. The summed E-state index contributed by atoms with van der Waals surface area (Å²) in [6, 6.07) is 5.92. The highest BCUT2D eigenvalue weighted by Gasteiger charge is 2.17. The van der Waals surface area contributed by atoms with Crippen molar-refractivity contribution in [3.8, 4) is 11.4 Å². The molecule has 4 aromatic rings. The number of carbonyl (C=O) groups excluding carboxylic acids is 1. The second-order valence-electron chi connectivity index (χ2n) is 8.83. The first-order valence-electron chi connectivity index (χ1n) is 10.6. The number of benzene rings is 1. The molecular formula is C23H27N9O. The molecule has 0 aliphatic rings. The maximum atomic E-state index is 12.5. The van der Waals surface area contributed by atoms with Gasteiger partial charge in [-0.3, -0.25) is 14.2 Å². The van der Waals surface area contributed by atoms with Crippen molar-refractivity contribution in [2.45, 2.75) is 39.8 Å². The molecule has 10 nitrogen and oxygen atoms in total. The number of hydrogen-bond donors (Lipinski definition) is 2. The fraction of sp³-hybridized carbons (Fsp3) is 0.304. The lowest BCUT2D eigenvalue weighted by Crippen LogP contribution is -2.24. The van der Waals surface area contributed by atoms with Crippen molar-refractivity contribution in [1.82, 2.24) is 39.8 Å². The third kappa shape index (κ3) is 5.22. The molecule has 0 bridgehead atoms. The van der Waals surface area contributed by atoms with Gasteiger partial charge in [-0.25, -0.2) is 9.97 Å². The van der Waals surface area contributed by atoms with Crippen LogP contribution in [0.2, 0.25) is 0 Å². The highest BCUT2D eigenvalue weighted by Crippen LogP contribution is 2.21. The summed E-state index contributed by atoms with van der Waals surface area (Å²) in [6.45, 7) is 8.53. The van der Waals surface area contributed by atoms with E-state index in [4.69, 9.17) is 0 Å². The van der Waals surface area contributed by atoms with Crippen molar-refractivity contribution in [2.75, 3.05) is 5.32 Å². The quantitative estimate of drug-likeness (QED) is 0.468. The number of rotatable bonds is 6. The van der Waals surface area contributed by atoms with Crippen LogP contribution in [0.25, 0.3) is 11.4 Å². The zero-order valence-electron chi connectivity index (χ0n) is 19.4. The summed E-state index contributed by atoms with van der Waals surface area (Å²) in [7, 11) is 1.84. The van der Waals surface area contributed by atoms with Gasteiger partial charge in [-0.15, -0.1) is 0 Å². The molecule has 4 rings (SSSR count). The number of anilines is 2. The van der Waals surface area contributed by atoms with E-state index < -0.39 is 0 Å². The summed E-state index contributed by atoms with van der Waals surface area (Å²) >= 11 is 0. The molecule has 0 spiro atoms. The molecular weight excluding hydrogens is 418 g/mol. The van der Waals surface area contributed by atoms with Crippen molar-refractivity contribution < 1.29 is 4.79 Å². The molecule has 33 heavy (non-hydrogen) atoms. The first-order chi connectivity index (χ1) is 15.7. The van der Waals surface area contributed by atoms with Crippen molar-refractivity contribution >= 4 is 17.5 Å². The number of nitrogens with zero attached hydrogens (tertiary/aromatic N) is 7. The van der Waals surface area contributed by atoms with E-state index in [2.05, 4.69) is 35.8 Å². The minimum atomic E-state index is -0.173. The third-order valence-corrected chi connectivity index (χ3v) is 5.11. The molecule has 0 radical (unpaired) electrons. The fourth-order valence-corrected chi connectivity index (χ4v) is 3.23. The molecule has 0 atom stereocenters. The van der Waals surface area contributed by atoms with E-state index in [9.17, 15) is 4.79 Å². The van der Waals surface area contributed by atoms with E-state index in [0.717, 1.165) is 22.4 Å². The Morgan fingerprint density at radius 3 is 2.58 bits per heavy atom. The van der Waals surface area contributed by atoms with Crippen molar-refractivity contribution in [3.05, 3.63) is 66.0 Å². The molecule has 3 aromatic heterocycles. The van der Waals surface area contributed by atoms with Gasteiger partial charge in [0.05, 0.1) is 29.2 Å². The van der Waals surface area contributed by atoms with Crippen molar-refractivity contribution in [1.29, 1.82) is 0 Å². The third-order valence-electron chi connectivity index (χ3n) is 5.11. The van der Waals surface area contributed by atoms with E-state index >= 15 is 0 Å². The summed E-state index contributed by atoms with van der Waals surface area (Å²) < 4.78 is 3.48. The molecule has 0 aliphatic heterocycles. The summed E-state index contributed by atoms with van der Waals surface area (Å²) in [5.74, 6) is 0.847. The minimum Gasteiger partial charge on any atom is -0.348 e. The van der Waals surface area contributed by atoms with Crippen LogP contribution in [0.5, 0.6) is 0 Å². The molecule has 0 saturated carbocycles. The van der Waals surface area contributed by atoms with Gasteiger partial charge in [-0.05, 0) is 44.9 Å². The highest BCUT2D eigenvalue weighted by atomic mass is 16.1. The molecule has 170 valence electrons. The van der Waals surface area contributed by atoms with Gasteiger partial charge in [0.15, 0.2) is 5.82 Å². The average Bonchev–Trinajstić information content (AvgIpc) is 3.42. The Labute approximate surface area is 192 Å². The van der Waals surface area contributed by atoms with Gasteiger partial charge in [0, 0.05) is 31.5 Å². The van der Waals surface area contributed by atoms with E-state index in [1.54, 1.807) is 28.0 Å². The molecule has 0 saturated heterocycles. The number of carbonyl (C=O) groups is 1. The van der Waals surface area contributed by atoms with Crippen LogP contribution in [-0.2, 0) is 19.1 Å². The maximum Gasteiger partial charge on any atom is 0.254 e. The van der Waals surface area contributed by atoms with Crippen molar-refractivity contribution in [3.63, 3.8) is 0 Å². The Bertz CT molecular complexity index is 1280. The van der Waals surface area contributed by atoms with Crippen LogP contribution in [0.3, 0.4) is 0 Å². The van der Waals surface area contributed by atoms with Crippen LogP contribution < -0.4 is 10.6 Å². The highest BCUT2D eigenvalue weighted by molar-refractivity contribution is 5.93.